The van der Waals surface area contributed by atoms with E-state index in [4.69, 9.17) is 5.73 Å². The van der Waals surface area contributed by atoms with Crippen molar-refractivity contribution in [1.29, 1.82) is 0 Å². The van der Waals surface area contributed by atoms with Gasteiger partial charge in [-0.1, -0.05) is 0 Å². The van der Waals surface area contributed by atoms with E-state index in [9.17, 15) is 39.0 Å². The molecule has 13 heteroatoms. The highest BCUT2D eigenvalue weighted by atomic mass is 16.3. The topological polar surface area (TPSA) is 199 Å². The first-order valence-electron chi connectivity index (χ1n) is 13.8. The van der Waals surface area contributed by atoms with Gasteiger partial charge in [-0.15, -0.1) is 0 Å². The third-order valence-corrected chi connectivity index (χ3v) is 8.57. The average Bonchev–Trinajstić information content (AvgIpc) is 2.85. The first-order chi connectivity index (χ1) is 19.3. The molecular formula is C29H39N5O8. The van der Waals surface area contributed by atoms with Crippen LogP contribution in [0.1, 0.15) is 43.1 Å². The number of amides is 2. The van der Waals surface area contributed by atoms with Gasteiger partial charge in [-0.25, -0.2) is 0 Å². The number of primary amides is 1. The van der Waals surface area contributed by atoms with Crippen molar-refractivity contribution in [2.45, 2.75) is 50.8 Å². The Kier molecular flexibility index (Phi) is 7.85. The molecule has 0 aromatic heterocycles. The lowest BCUT2D eigenvalue weighted by Crippen LogP contribution is -2.74. The number of nitrogens with zero attached hydrogens (tertiary/aromatic N) is 2. The predicted octanol–water partition coefficient (Wildman–Crippen LogP) is -0.740. The predicted molar refractivity (Wildman–Crippen MR) is 152 cm³/mol. The van der Waals surface area contributed by atoms with E-state index in [1.54, 1.807) is 25.1 Å². The minimum absolute atomic E-state index is 0.0365. The maximum atomic E-state index is 14.1. The van der Waals surface area contributed by atoms with Crippen LogP contribution in [0, 0.1) is 23.7 Å². The van der Waals surface area contributed by atoms with Gasteiger partial charge in [0.1, 0.15) is 5.75 Å². The molecule has 3 aliphatic rings. The van der Waals surface area contributed by atoms with Crippen molar-refractivity contribution in [3.05, 3.63) is 17.2 Å². The van der Waals surface area contributed by atoms with Gasteiger partial charge in [0, 0.05) is 31.2 Å². The molecule has 0 aliphatic heterocycles. The number of anilines is 2. The number of phenols is 1. The van der Waals surface area contributed by atoms with Crippen molar-refractivity contribution in [3.8, 4) is 5.75 Å². The van der Waals surface area contributed by atoms with Crippen molar-refractivity contribution in [3.63, 3.8) is 0 Å². The molecule has 2 saturated carbocycles. The highest BCUT2D eigenvalue weighted by Crippen LogP contribution is 2.52. The smallest absolute Gasteiger partial charge is 0.238 e. The monoisotopic (exact) mass is 585 g/mol. The molecule has 3 aliphatic carbocycles. The lowest BCUT2D eigenvalue weighted by molar-refractivity contribution is -0.181. The Bertz CT molecular complexity index is 1400. The van der Waals surface area contributed by atoms with Crippen molar-refractivity contribution < 1.29 is 39.0 Å². The van der Waals surface area contributed by atoms with Crippen LogP contribution in [0.15, 0.2) is 6.07 Å². The first-order valence-corrected chi connectivity index (χ1v) is 13.8. The summed E-state index contributed by atoms with van der Waals surface area (Å²) in [5.74, 6) is -11.8. The molecule has 0 spiro atoms. The molecule has 0 bridgehead atoms. The third-order valence-electron chi connectivity index (χ3n) is 8.57. The number of rotatable bonds is 6. The summed E-state index contributed by atoms with van der Waals surface area (Å²) in [4.78, 5) is 82.7. The number of nitrogens with one attached hydrogen (secondary N) is 2. The van der Waals surface area contributed by atoms with Crippen molar-refractivity contribution in [2.24, 2.45) is 29.4 Å². The zero-order chi connectivity index (χ0) is 31.6. The fourth-order valence-corrected chi connectivity index (χ4v) is 6.69. The van der Waals surface area contributed by atoms with Gasteiger partial charge in [0.15, 0.2) is 34.7 Å². The standard InChI is InChI=1S/C29H39N5O8/c1-28(2,3)31-11-17(35)32-15-10-16(33(4)5)13-8-12-9-14-21(34(6)7)24(38)20(27(30)41)26(40)29(14,42)25(39)18(12)23(37)19(13)22(15)36/h10,12,14,18,20-21,31,36,42H,8-9,11H2,1-7H3,(H2,30,41)(H,32,35). The molecule has 6 atom stereocenters. The number of ketones is 4. The second kappa shape index (κ2) is 10.5. The average molecular weight is 586 g/mol. The van der Waals surface area contributed by atoms with Gasteiger partial charge >= 0.3 is 0 Å². The molecule has 1 aromatic rings. The molecule has 1 aromatic carbocycles. The van der Waals surface area contributed by atoms with Gasteiger partial charge in [-0.05, 0) is 65.3 Å². The Balaban J connectivity index is 1.81. The number of aliphatic hydroxyl groups is 1. The maximum Gasteiger partial charge on any atom is 0.238 e. The molecule has 13 nitrogen and oxygen atoms in total. The van der Waals surface area contributed by atoms with Gasteiger partial charge in [0.2, 0.25) is 11.8 Å². The lowest BCUT2D eigenvalue weighted by atomic mass is 9.52. The Hall–Kier alpha value is -3.68. The molecule has 0 saturated heterocycles. The molecule has 0 radical (unpaired) electrons. The van der Waals surface area contributed by atoms with E-state index in [1.807, 2.05) is 20.8 Å². The number of hydrogen-bond acceptors (Lipinski definition) is 11. The molecule has 2 fully saturated rings. The molecule has 4 rings (SSSR count). The molecule has 42 heavy (non-hydrogen) atoms. The molecular weight excluding hydrogens is 546 g/mol. The summed E-state index contributed by atoms with van der Waals surface area (Å²) in [5.41, 5.74) is 2.95. The summed E-state index contributed by atoms with van der Waals surface area (Å²) >= 11 is 0. The summed E-state index contributed by atoms with van der Waals surface area (Å²) in [5, 5.41) is 28.6. The normalized spacial score (nSPS) is 29.1. The van der Waals surface area contributed by atoms with Gasteiger partial charge < -0.3 is 31.5 Å². The van der Waals surface area contributed by atoms with E-state index in [1.165, 1.54) is 19.0 Å². The summed E-state index contributed by atoms with van der Waals surface area (Å²) in [7, 11) is 6.52. The Morgan fingerprint density at radius 1 is 1.10 bits per heavy atom. The number of benzene rings is 1. The zero-order valence-electron chi connectivity index (χ0n) is 24.9. The van der Waals surface area contributed by atoms with Gasteiger partial charge in [0.05, 0.1) is 29.8 Å². The fraction of sp³-hybridized carbons (Fsp3) is 0.586. The highest BCUT2D eigenvalue weighted by Gasteiger charge is 2.69. The number of carbonyl (C=O) groups is 6. The van der Waals surface area contributed by atoms with Gasteiger partial charge in [-0.3, -0.25) is 33.7 Å². The Morgan fingerprint density at radius 3 is 2.24 bits per heavy atom. The van der Waals surface area contributed by atoms with E-state index < -0.39 is 76.0 Å². The van der Waals surface area contributed by atoms with Crippen LogP contribution in [0.3, 0.4) is 0 Å². The Morgan fingerprint density at radius 2 is 1.71 bits per heavy atom. The van der Waals surface area contributed by atoms with Crippen LogP contribution in [0.2, 0.25) is 0 Å². The van der Waals surface area contributed by atoms with E-state index >= 15 is 0 Å². The number of phenolic OH excluding ortho intramolecular Hbond substituents is 1. The number of Topliss-reactive ketones (excluding diaryl/α,β-unsaturated/α-hetero) is 4. The number of hydrogen-bond donors (Lipinski definition) is 5. The van der Waals surface area contributed by atoms with E-state index in [-0.39, 0.29) is 36.2 Å². The second-order valence-electron chi connectivity index (χ2n) is 13.0. The van der Waals surface area contributed by atoms with Crippen LogP contribution in [-0.4, -0.2) is 102 Å². The maximum absolute atomic E-state index is 14.1. The third kappa shape index (κ3) is 4.88. The summed E-state index contributed by atoms with van der Waals surface area (Å²) < 4.78 is 0. The van der Waals surface area contributed by atoms with E-state index in [0.717, 1.165) is 0 Å². The summed E-state index contributed by atoms with van der Waals surface area (Å²) in [6.07, 6.45) is 0.0706. The van der Waals surface area contributed by atoms with E-state index in [0.29, 0.717) is 11.3 Å². The number of nitrogens with two attached hydrogens (primary N) is 1. The number of carbonyl (C=O) groups excluding carboxylic acids is 6. The van der Waals surface area contributed by atoms with Crippen LogP contribution in [-0.2, 0) is 30.4 Å². The minimum Gasteiger partial charge on any atom is -0.505 e. The highest BCUT2D eigenvalue weighted by molar-refractivity contribution is 6.32. The van der Waals surface area contributed by atoms with Gasteiger partial charge in [0.25, 0.3) is 0 Å². The molecule has 0 heterocycles. The quantitative estimate of drug-likeness (QED) is 0.208. The summed E-state index contributed by atoms with van der Waals surface area (Å²) in [6.45, 7) is 5.58. The molecule has 6 N–H and O–H groups in total. The van der Waals surface area contributed by atoms with Crippen LogP contribution in [0.5, 0.6) is 5.75 Å². The van der Waals surface area contributed by atoms with Gasteiger partial charge in [-0.2, -0.15) is 0 Å². The number of fused-ring (bicyclic) bond motifs is 3. The lowest BCUT2D eigenvalue weighted by Gasteiger charge is -2.52. The molecule has 228 valence electrons. The fourth-order valence-electron chi connectivity index (χ4n) is 6.69. The number of likely N-dealkylation sites (N-methyl/N-ethyl adjacent to an activating group) is 1. The second-order valence-corrected chi connectivity index (χ2v) is 13.0. The summed E-state index contributed by atoms with van der Waals surface area (Å²) in [6, 6.07) is 0.374. The van der Waals surface area contributed by atoms with E-state index in [2.05, 4.69) is 10.6 Å². The Labute approximate surface area is 243 Å². The van der Waals surface area contributed by atoms with Crippen molar-refractivity contribution in [1.82, 2.24) is 10.2 Å². The van der Waals surface area contributed by atoms with Crippen LogP contribution in [0.25, 0.3) is 0 Å². The first kappa shape index (κ1) is 31.3. The van der Waals surface area contributed by atoms with Crippen LogP contribution in [0.4, 0.5) is 11.4 Å². The molecule has 6 unspecified atom stereocenters. The van der Waals surface area contributed by atoms with Crippen molar-refractivity contribution >= 4 is 46.3 Å². The van der Waals surface area contributed by atoms with Crippen LogP contribution >= 0.6 is 0 Å². The largest absolute Gasteiger partial charge is 0.505 e. The molecule has 2 amide bonds. The SMILES string of the molecule is CN(C)c1cc(NC(=O)CNC(C)(C)C)c(O)c2c1CC1CC3C(N(C)C)C(=O)C(C(N)=O)C(=O)C3(O)C(=O)C1C2=O. The zero-order valence-corrected chi connectivity index (χ0v) is 24.9. The van der Waals surface area contributed by atoms with Crippen molar-refractivity contribution in [2.75, 3.05) is 45.0 Å². The number of aromatic hydroxyl groups is 1. The minimum atomic E-state index is -2.80. The van der Waals surface area contributed by atoms with Crippen LogP contribution < -0.4 is 21.3 Å².